The molecule has 0 aliphatic heterocycles. The van der Waals surface area contributed by atoms with Crippen LogP contribution in [0.2, 0.25) is 0 Å². The number of aromatic hydroxyl groups is 5. The molecule has 0 aliphatic carbocycles. The van der Waals surface area contributed by atoms with Crippen molar-refractivity contribution in [2.24, 2.45) is 0 Å². The van der Waals surface area contributed by atoms with Crippen LogP contribution in [-0.4, -0.2) is 44.5 Å². The van der Waals surface area contributed by atoms with Gasteiger partial charge in [-0.15, -0.1) is 0 Å². The van der Waals surface area contributed by atoms with Crippen LogP contribution in [0.15, 0.2) is 158 Å². The summed E-state index contributed by atoms with van der Waals surface area (Å²) < 4.78 is 39.0. The third-order valence-corrected chi connectivity index (χ3v) is 18.1. The van der Waals surface area contributed by atoms with Crippen LogP contribution in [-0.2, 0) is 64.5 Å². The van der Waals surface area contributed by atoms with E-state index >= 15 is 0 Å². The molecule has 101 heavy (non-hydrogen) atoms. The van der Waals surface area contributed by atoms with E-state index in [0.29, 0.717) is 39.7 Å². The Morgan fingerprint density at radius 3 is 0.881 bits per heavy atom. The van der Waals surface area contributed by atoms with Crippen molar-refractivity contribution in [3.63, 3.8) is 0 Å². The van der Waals surface area contributed by atoms with E-state index < -0.39 is 11.7 Å². The first-order valence-corrected chi connectivity index (χ1v) is 35.4. The van der Waals surface area contributed by atoms with Crippen molar-refractivity contribution in [1.82, 2.24) is 4.90 Å². The van der Waals surface area contributed by atoms with Crippen LogP contribution in [0.3, 0.4) is 0 Å². The smallest absolute Gasteiger partial charge is 0.416 e. The van der Waals surface area contributed by atoms with E-state index in [1.807, 2.05) is 78.2 Å². The first-order valence-electron chi connectivity index (χ1n) is 35.4. The molecule has 0 aromatic heterocycles. The molecule has 0 saturated heterocycles. The van der Waals surface area contributed by atoms with Gasteiger partial charge in [-0.1, -0.05) is 308 Å². The number of hydrogen-bond acceptors (Lipinski definition) is 6. The van der Waals surface area contributed by atoms with Crippen LogP contribution in [0, 0.1) is 55.4 Å². The summed E-state index contributed by atoms with van der Waals surface area (Å²) in [5.74, 6) is 1.95. The molecule has 0 atom stereocenters. The molecule has 544 valence electrons. The lowest BCUT2D eigenvalue weighted by Gasteiger charge is -2.31. The first kappa shape index (κ1) is 83.4. The third-order valence-electron chi connectivity index (χ3n) is 18.1. The zero-order valence-electron chi connectivity index (χ0n) is 66.2. The summed E-state index contributed by atoms with van der Waals surface area (Å²) in [7, 11) is 4.02. The quantitative estimate of drug-likeness (QED) is 0.0935. The highest BCUT2D eigenvalue weighted by Crippen LogP contribution is 2.44. The van der Waals surface area contributed by atoms with Crippen molar-refractivity contribution in [1.29, 1.82) is 0 Å². The molecule has 0 heterocycles. The summed E-state index contributed by atoms with van der Waals surface area (Å²) >= 11 is 0. The number of benzene rings is 9. The van der Waals surface area contributed by atoms with E-state index in [0.717, 1.165) is 87.2 Å². The second-order valence-corrected chi connectivity index (χ2v) is 34.2. The molecule has 0 amide bonds. The Morgan fingerprint density at radius 2 is 0.545 bits per heavy atom. The maximum Gasteiger partial charge on any atom is 0.416 e. The maximum atomic E-state index is 13.0. The number of nitrogens with zero attached hydrogens (tertiary/aromatic N) is 1. The van der Waals surface area contributed by atoms with Gasteiger partial charge in [0.1, 0.15) is 28.7 Å². The molecule has 0 aliphatic rings. The molecule has 9 heteroatoms. The highest BCUT2D eigenvalue weighted by Gasteiger charge is 2.33. The Labute approximate surface area is 606 Å². The summed E-state index contributed by atoms with van der Waals surface area (Å²) in [6, 6.07) is 51.7. The Bertz CT molecular complexity index is 4230. The minimum atomic E-state index is -4.37. The van der Waals surface area contributed by atoms with Crippen LogP contribution in [0.4, 0.5) is 13.2 Å². The monoisotopic (exact) mass is 1380 g/mol. The zero-order valence-corrected chi connectivity index (χ0v) is 66.2. The van der Waals surface area contributed by atoms with Gasteiger partial charge in [-0.2, -0.15) is 13.2 Å². The fraction of sp³-hybridized carbons (Fsp3) is 0.413. The lowest BCUT2D eigenvalue weighted by Crippen LogP contribution is -2.21. The van der Waals surface area contributed by atoms with Crippen LogP contribution in [0.5, 0.6) is 28.7 Å². The highest BCUT2D eigenvalue weighted by molar-refractivity contribution is 5.55. The SMILES string of the molecule is Cc1cc(C(C)(C)C)c(O)c(C(C)(C)c2ccccc2)c1.Cc1cc(C)cc(Cc2cc(C)cc(C(C)(C)C)c2O)c1.Cc1cc(CN(C)C)c(O)c(C(C)(C)C)c1.Cc1cc(Cc2cc(C)cc(C(C)(C)C)c2O)cc(C(F)(F)F)c1.Cc1cc(Cc2ccccc2)c(O)c(C(C)(C)C)c1. The molecule has 6 nitrogen and oxygen atoms in total. The first-order chi connectivity index (χ1) is 46.3. The molecule has 0 bridgehead atoms. The summed E-state index contributed by atoms with van der Waals surface area (Å²) in [5, 5.41) is 52.9. The molecule has 0 unspecified atom stereocenters. The summed E-state index contributed by atoms with van der Waals surface area (Å²) in [6.07, 6.45) is -2.55. The number of phenolic OH excluding ortho intramolecular Hbond substituents is 5. The van der Waals surface area contributed by atoms with E-state index in [2.05, 4.69) is 247 Å². The van der Waals surface area contributed by atoms with Gasteiger partial charge in [0.05, 0.1) is 5.56 Å². The van der Waals surface area contributed by atoms with Crippen molar-refractivity contribution in [3.8, 4) is 28.7 Å². The Kier molecular flexibility index (Phi) is 27.4. The zero-order chi connectivity index (χ0) is 76.5. The predicted octanol–water partition coefficient (Wildman–Crippen LogP) is 24.1. The third kappa shape index (κ3) is 23.9. The van der Waals surface area contributed by atoms with Crippen LogP contribution in [0.1, 0.15) is 246 Å². The average Bonchev–Trinajstić information content (AvgIpc) is 0.777. The van der Waals surface area contributed by atoms with Crippen molar-refractivity contribution in [3.05, 3.63) is 286 Å². The lowest BCUT2D eigenvalue weighted by atomic mass is 9.74. The van der Waals surface area contributed by atoms with E-state index in [-0.39, 0.29) is 44.7 Å². The summed E-state index contributed by atoms with van der Waals surface area (Å²) in [4.78, 5) is 2.07. The van der Waals surface area contributed by atoms with Gasteiger partial charge >= 0.3 is 6.18 Å². The fourth-order valence-electron chi connectivity index (χ4n) is 13.0. The highest BCUT2D eigenvalue weighted by atomic mass is 19.4. The normalized spacial score (nSPS) is 12.1. The second kappa shape index (κ2) is 33.2. The van der Waals surface area contributed by atoms with Gasteiger partial charge in [-0.05, 0) is 175 Å². The molecule has 0 spiro atoms. The summed E-state index contributed by atoms with van der Waals surface area (Å²) in [5.41, 5.74) is 21.4. The molecular formula is C92H120F3NO5. The fourth-order valence-corrected chi connectivity index (χ4v) is 13.0. The van der Waals surface area contributed by atoms with Gasteiger partial charge in [0.25, 0.3) is 0 Å². The van der Waals surface area contributed by atoms with E-state index in [1.165, 1.54) is 50.1 Å². The Hall–Kier alpha value is -8.27. The maximum absolute atomic E-state index is 13.0. The molecule has 9 aromatic rings. The van der Waals surface area contributed by atoms with Gasteiger partial charge in [0.15, 0.2) is 0 Å². The molecule has 0 saturated carbocycles. The van der Waals surface area contributed by atoms with Crippen molar-refractivity contribution in [2.75, 3.05) is 14.1 Å². The predicted molar refractivity (Wildman–Crippen MR) is 421 cm³/mol. The van der Waals surface area contributed by atoms with Gasteiger partial charge < -0.3 is 30.4 Å². The van der Waals surface area contributed by atoms with Crippen molar-refractivity contribution in [2.45, 2.75) is 238 Å². The van der Waals surface area contributed by atoms with E-state index in [1.54, 1.807) is 13.0 Å². The van der Waals surface area contributed by atoms with Gasteiger partial charge in [-0.3, -0.25) is 0 Å². The van der Waals surface area contributed by atoms with Gasteiger partial charge in [0.2, 0.25) is 0 Å². The van der Waals surface area contributed by atoms with Gasteiger partial charge in [0, 0.05) is 42.3 Å². The van der Waals surface area contributed by atoms with Crippen molar-refractivity contribution < 1.29 is 38.7 Å². The molecule has 0 fully saturated rings. The average molecular weight is 1380 g/mol. The minimum absolute atomic E-state index is 0.0167. The van der Waals surface area contributed by atoms with Crippen LogP contribution >= 0.6 is 0 Å². The minimum Gasteiger partial charge on any atom is -0.507 e. The number of phenols is 5. The number of hydrogen-bond donors (Lipinski definition) is 5. The number of rotatable bonds is 10. The second-order valence-electron chi connectivity index (χ2n) is 34.2. The lowest BCUT2D eigenvalue weighted by molar-refractivity contribution is -0.137. The number of aryl methyl sites for hydroxylation is 8. The standard InChI is InChI=1S/C20H23F3O.2C20H26O.C18H22O.C14H23NO/c1-12-6-14(11-16(8-12)20(21,22)23)10-15-7-13(2)9-17(18(15)24)19(3,4)5;1-13-7-14(2)9-16(8-13)12-17-10-15(3)11-18(19(17)21)20(4,5)6;1-14-12-16(19(2,3)4)18(21)17(13-14)20(5,6)15-10-8-7-9-11-15;1-13-10-15(12-14-8-6-5-7-9-14)17(19)16(11-13)18(2,3)4;1-10-7-11(9-15(5)6)13(16)12(8-10)14(2,3)4/h6-9,11,24H,10H2,1-5H3;7-11,21H,12H2,1-6H3;7-13,21H,1-6H3;5-11,19H,12H2,1-4H3;7-8,16H,9H2,1-6H3. The van der Waals surface area contributed by atoms with E-state index in [9.17, 15) is 38.7 Å². The Balaban J connectivity index is 0.000000229. The number of halogens is 3. The molecule has 9 aromatic carbocycles. The van der Waals surface area contributed by atoms with Crippen LogP contribution < -0.4 is 0 Å². The molecular weight excluding hydrogens is 1260 g/mol. The van der Waals surface area contributed by atoms with Gasteiger partial charge in [-0.25, -0.2) is 0 Å². The molecule has 9 rings (SSSR count). The van der Waals surface area contributed by atoms with Crippen LogP contribution in [0.25, 0.3) is 0 Å². The van der Waals surface area contributed by atoms with E-state index in [4.69, 9.17) is 0 Å². The number of alkyl halides is 3. The Morgan fingerprint density at radius 1 is 0.277 bits per heavy atom. The molecule has 5 N–H and O–H groups in total. The topological polar surface area (TPSA) is 104 Å². The largest absolute Gasteiger partial charge is 0.507 e. The van der Waals surface area contributed by atoms with Crippen molar-refractivity contribution >= 4 is 0 Å². The molecule has 0 radical (unpaired) electrons. The summed E-state index contributed by atoms with van der Waals surface area (Å²) in [6.45, 7) is 52.9.